The topological polar surface area (TPSA) is 50.7 Å². The number of aliphatic hydroxyl groups excluding tert-OH is 1. The summed E-state index contributed by atoms with van der Waals surface area (Å²) in [6.45, 7) is 2.21. The third-order valence-corrected chi connectivity index (χ3v) is 2.47. The predicted octanol–water partition coefficient (Wildman–Crippen LogP) is 0.930. The van der Waals surface area contributed by atoms with E-state index in [0.29, 0.717) is 19.8 Å². The average molecular weight is 239 g/mol. The number of ether oxygens (including phenoxy) is 2. The molecule has 0 radical (unpaired) electrons. The fourth-order valence-corrected chi connectivity index (χ4v) is 1.65. The van der Waals surface area contributed by atoms with Gasteiger partial charge < -0.3 is 19.9 Å². The van der Waals surface area contributed by atoms with Gasteiger partial charge in [-0.25, -0.2) is 0 Å². The van der Waals surface area contributed by atoms with Crippen molar-refractivity contribution in [3.8, 4) is 0 Å². The summed E-state index contributed by atoms with van der Waals surface area (Å²) in [5.74, 6) is 0. The summed E-state index contributed by atoms with van der Waals surface area (Å²) in [4.78, 5) is 0. The van der Waals surface area contributed by atoms with E-state index in [1.807, 2.05) is 18.2 Å². The van der Waals surface area contributed by atoms with Crippen molar-refractivity contribution in [1.82, 2.24) is 5.32 Å². The summed E-state index contributed by atoms with van der Waals surface area (Å²) in [5.41, 5.74) is 2.36. The molecule has 0 aliphatic rings. The van der Waals surface area contributed by atoms with Crippen molar-refractivity contribution in [3.05, 3.63) is 35.4 Å². The number of hydrogen-bond donors (Lipinski definition) is 2. The van der Waals surface area contributed by atoms with Crippen LogP contribution in [0.3, 0.4) is 0 Å². The molecule has 0 saturated heterocycles. The monoisotopic (exact) mass is 239 g/mol. The molecule has 1 unspecified atom stereocenters. The molecule has 1 atom stereocenters. The van der Waals surface area contributed by atoms with E-state index in [0.717, 1.165) is 6.54 Å². The van der Waals surface area contributed by atoms with E-state index < -0.39 is 6.10 Å². The van der Waals surface area contributed by atoms with Gasteiger partial charge in [-0.05, 0) is 11.1 Å². The Morgan fingerprint density at radius 3 is 2.53 bits per heavy atom. The smallest absolute Gasteiger partial charge is 0.0897 e. The van der Waals surface area contributed by atoms with Crippen LogP contribution in [0, 0.1) is 0 Å². The van der Waals surface area contributed by atoms with E-state index in [-0.39, 0.29) is 0 Å². The quantitative estimate of drug-likeness (QED) is 0.708. The normalized spacial score (nSPS) is 12.6. The molecule has 0 aliphatic heterocycles. The first-order valence-corrected chi connectivity index (χ1v) is 5.71. The molecule has 1 aromatic rings. The summed E-state index contributed by atoms with van der Waals surface area (Å²) in [6.07, 6.45) is -0.463. The van der Waals surface area contributed by atoms with Gasteiger partial charge in [0, 0.05) is 27.3 Å². The van der Waals surface area contributed by atoms with Crippen molar-refractivity contribution in [2.45, 2.75) is 19.3 Å². The predicted molar refractivity (Wildman–Crippen MR) is 66.7 cm³/mol. The van der Waals surface area contributed by atoms with Crippen molar-refractivity contribution in [2.75, 3.05) is 27.4 Å². The van der Waals surface area contributed by atoms with Gasteiger partial charge in [0.15, 0.2) is 0 Å². The Bertz CT molecular complexity index is 317. The van der Waals surface area contributed by atoms with Crippen LogP contribution in [0.25, 0.3) is 0 Å². The minimum atomic E-state index is -0.463. The Kier molecular flexibility index (Phi) is 6.81. The molecule has 0 amide bonds. The molecule has 96 valence electrons. The zero-order valence-corrected chi connectivity index (χ0v) is 10.5. The van der Waals surface area contributed by atoms with Crippen LogP contribution >= 0.6 is 0 Å². The SMILES string of the molecule is COCc1ccccc1CNCC(O)COC. The number of benzene rings is 1. The number of nitrogens with one attached hydrogen (secondary N) is 1. The van der Waals surface area contributed by atoms with Crippen LogP contribution < -0.4 is 5.32 Å². The first kappa shape index (κ1) is 14.1. The highest BCUT2D eigenvalue weighted by Crippen LogP contribution is 2.09. The van der Waals surface area contributed by atoms with Crippen LogP contribution in [0.4, 0.5) is 0 Å². The van der Waals surface area contributed by atoms with Gasteiger partial charge in [-0.1, -0.05) is 24.3 Å². The summed E-state index contributed by atoms with van der Waals surface area (Å²) < 4.78 is 10.00. The van der Waals surface area contributed by atoms with Gasteiger partial charge in [0.2, 0.25) is 0 Å². The van der Waals surface area contributed by atoms with E-state index in [1.165, 1.54) is 11.1 Å². The van der Waals surface area contributed by atoms with Gasteiger partial charge in [-0.2, -0.15) is 0 Å². The first-order valence-electron chi connectivity index (χ1n) is 5.71. The van der Waals surface area contributed by atoms with Crippen molar-refractivity contribution in [1.29, 1.82) is 0 Å². The van der Waals surface area contributed by atoms with Gasteiger partial charge in [0.25, 0.3) is 0 Å². The second-order valence-electron chi connectivity index (χ2n) is 3.94. The van der Waals surface area contributed by atoms with E-state index in [4.69, 9.17) is 9.47 Å². The number of methoxy groups -OCH3 is 2. The minimum absolute atomic E-state index is 0.354. The Morgan fingerprint density at radius 2 is 1.88 bits per heavy atom. The molecular formula is C13H21NO3. The summed E-state index contributed by atoms with van der Waals surface area (Å²) in [6, 6.07) is 8.11. The summed E-state index contributed by atoms with van der Waals surface area (Å²) in [5, 5.41) is 12.7. The van der Waals surface area contributed by atoms with Crippen LogP contribution in [0.1, 0.15) is 11.1 Å². The van der Waals surface area contributed by atoms with Crippen LogP contribution in [0.5, 0.6) is 0 Å². The maximum absolute atomic E-state index is 9.49. The molecule has 4 heteroatoms. The molecule has 0 spiro atoms. The molecule has 2 N–H and O–H groups in total. The molecule has 4 nitrogen and oxygen atoms in total. The maximum Gasteiger partial charge on any atom is 0.0897 e. The Balaban J connectivity index is 2.40. The molecule has 0 aromatic heterocycles. The van der Waals surface area contributed by atoms with Gasteiger partial charge in [-0.3, -0.25) is 0 Å². The molecule has 1 rings (SSSR count). The number of rotatable bonds is 8. The molecule has 0 aliphatic carbocycles. The van der Waals surface area contributed by atoms with Crippen molar-refractivity contribution in [3.63, 3.8) is 0 Å². The molecule has 0 saturated carbocycles. The van der Waals surface area contributed by atoms with Crippen LogP contribution in [0.15, 0.2) is 24.3 Å². The Hall–Kier alpha value is -0.940. The van der Waals surface area contributed by atoms with Gasteiger partial charge >= 0.3 is 0 Å². The van der Waals surface area contributed by atoms with E-state index in [1.54, 1.807) is 14.2 Å². The molecular weight excluding hydrogens is 218 g/mol. The summed E-state index contributed by atoms with van der Waals surface area (Å²) in [7, 11) is 3.27. The highest BCUT2D eigenvalue weighted by Gasteiger charge is 2.04. The van der Waals surface area contributed by atoms with Crippen molar-refractivity contribution < 1.29 is 14.6 Å². The highest BCUT2D eigenvalue weighted by molar-refractivity contribution is 5.26. The number of hydrogen-bond acceptors (Lipinski definition) is 4. The van der Waals surface area contributed by atoms with Crippen LogP contribution in [-0.2, 0) is 22.6 Å². The third-order valence-electron chi connectivity index (χ3n) is 2.47. The Labute approximate surface area is 103 Å². The van der Waals surface area contributed by atoms with Crippen molar-refractivity contribution >= 4 is 0 Å². The fourth-order valence-electron chi connectivity index (χ4n) is 1.65. The molecule has 0 heterocycles. The second-order valence-corrected chi connectivity index (χ2v) is 3.94. The van der Waals surface area contributed by atoms with Crippen LogP contribution in [0.2, 0.25) is 0 Å². The highest BCUT2D eigenvalue weighted by atomic mass is 16.5. The molecule has 0 fully saturated rings. The van der Waals surface area contributed by atoms with Gasteiger partial charge in [-0.15, -0.1) is 0 Å². The molecule has 1 aromatic carbocycles. The molecule has 0 bridgehead atoms. The van der Waals surface area contributed by atoms with Crippen LogP contribution in [-0.4, -0.2) is 38.6 Å². The maximum atomic E-state index is 9.49. The lowest BCUT2D eigenvalue weighted by atomic mass is 10.1. The lowest BCUT2D eigenvalue weighted by molar-refractivity contribution is 0.0644. The van der Waals surface area contributed by atoms with E-state index in [9.17, 15) is 5.11 Å². The largest absolute Gasteiger partial charge is 0.389 e. The average Bonchev–Trinajstić information content (AvgIpc) is 2.32. The standard InChI is InChI=1S/C13H21NO3/c1-16-9-12-6-4-3-5-11(12)7-14-8-13(15)10-17-2/h3-6,13-15H,7-10H2,1-2H3. The zero-order chi connectivity index (χ0) is 12.5. The minimum Gasteiger partial charge on any atom is -0.389 e. The summed E-state index contributed by atoms with van der Waals surface area (Å²) >= 11 is 0. The molecule has 17 heavy (non-hydrogen) atoms. The first-order chi connectivity index (χ1) is 8.27. The van der Waals surface area contributed by atoms with Crippen molar-refractivity contribution in [2.24, 2.45) is 0 Å². The van der Waals surface area contributed by atoms with E-state index in [2.05, 4.69) is 11.4 Å². The lowest BCUT2D eigenvalue weighted by Crippen LogP contribution is -2.29. The second kappa shape index (κ2) is 8.20. The number of aliphatic hydroxyl groups is 1. The fraction of sp³-hybridized carbons (Fsp3) is 0.538. The third kappa shape index (κ3) is 5.28. The zero-order valence-electron chi connectivity index (χ0n) is 10.5. The Morgan fingerprint density at radius 1 is 1.18 bits per heavy atom. The van der Waals surface area contributed by atoms with E-state index >= 15 is 0 Å². The van der Waals surface area contributed by atoms with Gasteiger partial charge in [0.05, 0.1) is 19.3 Å². The lowest BCUT2D eigenvalue weighted by Gasteiger charge is -2.12. The van der Waals surface area contributed by atoms with Gasteiger partial charge in [0.1, 0.15) is 0 Å².